The topological polar surface area (TPSA) is 50.8 Å². The van der Waals surface area contributed by atoms with Gasteiger partial charge in [0, 0.05) is 24.7 Å². The lowest BCUT2D eigenvalue weighted by Crippen LogP contribution is -2.44. The Bertz CT molecular complexity index is 798. The molecule has 1 amide bonds. The van der Waals surface area contributed by atoms with Crippen molar-refractivity contribution in [3.8, 4) is 5.75 Å². The van der Waals surface area contributed by atoms with Crippen LogP contribution in [0.3, 0.4) is 0 Å². The highest BCUT2D eigenvalue weighted by Crippen LogP contribution is 2.28. The first-order valence-electron chi connectivity index (χ1n) is 10.3. The fourth-order valence-corrected chi connectivity index (χ4v) is 3.72. The van der Waals surface area contributed by atoms with Crippen LogP contribution >= 0.6 is 24.0 Å². The summed E-state index contributed by atoms with van der Waals surface area (Å²) >= 11 is 6.48. The van der Waals surface area contributed by atoms with E-state index in [1.807, 2.05) is 42.5 Å². The number of nitrogens with one attached hydrogen (secondary N) is 1. The van der Waals surface area contributed by atoms with Gasteiger partial charge in [0.2, 0.25) is 0 Å². The van der Waals surface area contributed by atoms with Gasteiger partial charge in [-0.1, -0.05) is 55.3 Å². The Morgan fingerprint density at radius 1 is 1.17 bits per heavy atom. The van der Waals surface area contributed by atoms with E-state index in [9.17, 15) is 4.79 Å². The molecule has 1 fully saturated rings. The first-order valence-corrected chi connectivity index (χ1v) is 10.6. The van der Waals surface area contributed by atoms with Crippen molar-refractivity contribution in [1.82, 2.24) is 10.2 Å². The highest BCUT2D eigenvalue weighted by atomic mass is 35.5. The van der Waals surface area contributed by atoms with Crippen LogP contribution < -0.4 is 10.1 Å². The van der Waals surface area contributed by atoms with Crippen LogP contribution in [0, 0.1) is 0 Å². The maximum absolute atomic E-state index is 12.9. The van der Waals surface area contributed by atoms with Crippen LogP contribution in [0.5, 0.6) is 5.75 Å². The molecule has 0 saturated carbocycles. The number of carbonyl (C=O) groups excluding carboxylic acids is 1. The quantitative estimate of drug-likeness (QED) is 0.557. The predicted molar refractivity (Wildman–Crippen MR) is 123 cm³/mol. The predicted octanol–water partition coefficient (Wildman–Crippen LogP) is 4.74. The monoisotopic (exact) mass is 452 g/mol. The first kappa shape index (κ1) is 24.5. The smallest absolute Gasteiger partial charge is 0.255 e. The largest absolute Gasteiger partial charge is 0.493 e. The minimum atomic E-state index is -0.137. The lowest BCUT2D eigenvalue weighted by Gasteiger charge is -2.35. The Morgan fingerprint density at radius 2 is 1.87 bits per heavy atom. The molecular weight excluding hydrogens is 423 g/mol. The van der Waals surface area contributed by atoms with Crippen LogP contribution in [-0.2, 0) is 4.74 Å². The second-order valence-corrected chi connectivity index (χ2v) is 7.50. The zero-order valence-corrected chi connectivity index (χ0v) is 18.9. The van der Waals surface area contributed by atoms with E-state index in [0.717, 1.165) is 31.5 Å². The first-order chi connectivity index (χ1) is 14.2. The molecule has 5 nitrogen and oxygen atoms in total. The Kier molecular flexibility index (Phi) is 10.4. The molecule has 3 rings (SSSR count). The van der Waals surface area contributed by atoms with E-state index >= 15 is 0 Å². The van der Waals surface area contributed by atoms with Crippen molar-refractivity contribution in [2.75, 3.05) is 39.5 Å². The second-order valence-electron chi connectivity index (χ2n) is 7.09. The summed E-state index contributed by atoms with van der Waals surface area (Å²) in [5.41, 5.74) is 1.58. The van der Waals surface area contributed by atoms with Gasteiger partial charge in [-0.15, -0.1) is 12.4 Å². The van der Waals surface area contributed by atoms with Crippen LogP contribution in [-0.4, -0.2) is 50.3 Å². The van der Waals surface area contributed by atoms with E-state index in [4.69, 9.17) is 21.1 Å². The van der Waals surface area contributed by atoms with Crippen molar-refractivity contribution in [2.45, 2.75) is 25.8 Å². The summed E-state index contributed by atoms with van der Waals surface area (Å²) in [6, 6.07) is 15.2. The summed E-state index contributed by atoms with van der Waals surface area (Å²) in [5.74, 6) is 0.488. The highest BCUT2D eigenvalue weighted by molar-refractivity contribution is 6.31. The molecular formula is C23H30Cl2N2O3. The normalized spacial score (nSPS) is 15.1. The van der Waals surface area contributed by atoms with E-state index < -0.39 is 0 Å². The molecule has 2 aromatic carbocycles. The van der Waals surface area contributed by atoms with Crippen LogP contribution in [0.2, 0.25) is 5.02 Å². The fraction of sp³-hybridized carbons (Fsp3) is 0.435. The summed E-state index contributed by atoms with van der Waals surface area (Å²) in [7, 11) is 0. The Hall–Kier alpha value is -1.79. The van der Waals surface area contributed by atoms with Crippen molar-refractivity contribution in [3.63, 3.8) is 0 Å². The molecule has 2 aromatic rings. The third-order valence-corrected chi connectivity index (χ3v) is 5.44. The van der Waals surface area contributed by atoms with E-state index in [1.54, 1.807) is 6.07 Å². The average Bonchev–Trinajstić information content (AvgIpc) is 2.76. The van der Waals surface area contributed by atoms with Gasteiger partial charge in [-0.2, -0.15) is 0 Å². The molecule has 0 radical (unpaired) electrons. The van der Waals surface area contributed by atoms with Crippen molar-refractivity contribution < 1.29 is 14.3 Å². The van der Waals surface area contributed by atoms with Gasteiger partial charge in [0.15, 0.2) is 0 Å². The molecule has 30 heavy (non-hydrogen) atoms. The summed E-state index contributed by atoms with van der Waals surface area (Å²) in [4.78, 5) is 15.2. The molecule has 1 heterocycles. The van der Waals surface area contributed by atoms with Gasteiger partial charge in [-0.05, 0) is 30.2 Å². The third kappa shape index (κ3) is 6.61. The molecule has 0 spiro atoms. The molecule has 1 aliphatic rings. The maximum atomic E-state index is 12.9. The van der Waals surface area contributed by atoms with Gasteiger partial charge < -0.3 is 14.8 Å². The number of carbonyl (C=O) groups is 1. The Morgan fingerprint density at radius 3 is 2.60 bits per heavy atom. The maximum Gasteiger partial charge on any atom is 0.255 e. The number of unbranched alkanes of at least 4 members (excludes halogenated alkanes) is 1. The van der Waals surface area contributed by atoms with Gasteiger partial charge >= 0.3 is 0 Å². The molecule has 0 aromatic heterocycles. The number of amides is 1. The number of halogens is 2. The lowest BCUT2D eigenvalue weighted by atomic mass is 10.0. The van der Waals surface area contributed by atoms with Crippen LogP contribution in [0.4, 0.5) is 0 Å². The summed E-state index contributed by atoms with van der Waals surface area (Å²) in [6.45, 7) is 6.17. The number of ether oxygens (including phenoxy) is 2. The number of nitrogens with zero attached hydrogens (tertiary/aromatic N) is 1. The minimum absolute atomic E-state index is 0. The van der Waals surface area contributed by atoms with E-state index in [0.29, 0.717) is 42.7 Å². The van der Waals surface area contributed by atoms with E-state index in [1.165, 1.54) is 0 Å². The number of rotatable bonds is 9. The molecule has 0 aliphatic carbocycles. The van der Waals surface area contributed by atoms with Crippen molar-refractivity contribution in [1.29, 1.82) is 0 Å². The van der Waals surface area contributed by atoms with Gasteiger partial charge in [0.05, 0.1) is 31.4 Å². The Balaban J connectivity index is 0.00000320. The summed E-state index contributed by atoms with van der Waals surface area (Å²) < 4.78 is 11.3. The molecule has 1 unspecified atom stereocenters. The van der Waals surface area contributed by atoms with Gasteiger partial charge in [-0.3, -0.25) is 9.69 Å². The zero-order valence-electron chi connectivity index (χ0n) is 17.3. The zero-order chi connectivity index (χ0) is 20.5. The van der Waals surface area contributed by atoms with Crippen molar-refractivity contribution in [3.05, 3.63) is 64.7 Å². The molecule has 164 valence electrons. The highest BCUT2D eigenvalue weighted by Gasteiger charge is 2.25. The molecule has 1 aliphatic heterocycles. The number of hydrogen-bond donors (Lipinski definition) is 1. The third-order valence-electron chi connectivity index (χ3n) is 5.09. The van der Waals surface area contributed by atoms with Crippen molar-refractivity contribution >= 4 is 29.9 Å². The van der Waals surface area contributed by atoms with Crippen molar-refractivity contribution in [2.24, 2.45) is 0 Å². The SMILES string of the molecule is CCCCOc1ccccc1C(=O)NCC(c1ccccc1Cl)N1CCOCC1.Cl. The number of benzene rings is 2. The number of morpholine rings is 1. The summed E-state index contributed by atoms with van der Waals surface area (Å²) in [6.07, 6.45) is 2.01. The lowest BCUT2D eigenvalue weighted by molar-refractivity contribution is 0.0162. The molecule has 1 saturated heterocycles. The van der Waals surface area contributed by atoms with Crippen LogP contribution in [0.1, 0.15) is 41.7 Å². The minimum Gasteiger partial charge on any atom is -0.493 e. The van der Waals surface area contributed by atoms with E-state index in [-0.39, 0.29) is 24.4 Å². The molecule has 1 atom stereocenters. The average molecular weight is 453 g/mol. The molecule has 1 N–H and O–H groups in total. The van der Waals surface area contributed by atoms with E-state index in [2.05, 4.69) is 17.1 Å². The van der Waals surface area contributed by atoms with Crippen LogP contribution in [0.25, 0.3) is 0 Å². The summed E-state index contributed by atoms with van der Waals surface area (Å²) in [5, 5.41) is 3.80. The second kappa shape index (κ2) is 12.8. The fourth-order valence-electron chi connectivity index (χ4n) is 3.46. The standard InChI is InChI=1S/C23H29ClN2O3.ClH/c1-2-3-14-29-22-11-7-5-9-19(22)23(27)25-17-21(26-12-15-28-16-13-26)18-8-4-6-10-20(18)24;/h4-11,21H,2-3,12-17H2,1H3,(H,25,27);1H. The molecule has 7 heteroatoms. The molecule has 0 bridgehead atoms. The number of para-hydroxylation sites is 1. The van der Waals surface area contributed by atoms with Gasteiger partial charge in [-0.25, -0.2) is 0 Å². The number of hydrogen-bond acceptors (Lipinski definition) is 4. The van der Waals surface area contributed by atoms with Gasteiger partial charge in [0.1, 0.15) is 5.75 Å². The van der Waals surface area contributed by atoms with Gasteiger partial charge in [0.25, 0.3) is 5.91 Å². The Labute approximate surface area is 190 Å². The van der Waals surface area contributed by atoms with Crippen LogP contribution in [0.15, 0.2) is 48.5 Å².